The predicted octanol–water partition coefficient (Wildman–Crippen LogP) is -0.968. The zero-order valence-electron chi connectivity index (χ0n) is 23.8. The minimum Gasteiger partial charge on any atom is -0.550 e. The smallest absolute Gasteiger partial charge is 0.137 e. The van der Waals surface area contributed by atoms with E-state index in [9.17, 15) is 34.8 Å². The summed E-state index contributed by atoms with van der Waals surface area (Å²) in [6.07, 6.45) is -1.83. The lowest BCUT2D eigenvalue weighted by Crippen LogP contribution is -3.06. The first-order valence-electron chi connectivity index (χ1n) is 13.3. The van der Waals surface area contributed by atoms with Crippen LogP contribution in [0.5, 0.6) is 11.5 Å². The molecule has 10 nitrogen and oxygen atoms in total. The van der Waals surface area contributed by atoms with Crippen LogP contribution in [0.1, 0.15) is 42.9 Å². The van der Waals surface area contributed by atoms with Gasteiger partial charge in [-0.2, -0.15) is 0 Å². The molecular weight excluding hydrogens is 542 g/mol. The number of ether oxygens (including phenoxy) is 1. The molecule has 0 aliphatic heterocycles. The fourth-order valence-electron chi connectivity index (χ4n) is 4.12. The van der Waals surface area contributed by atoms with E-state index in [0.29, 0.717) is 6.61 Å². The van der Waals surface area contributed by atoms with Crippen LogP contribution in [0.3, 0.4) is 0 Å². The molecule has 0 saturated carbocycles. The number of aliphatic hydroxyl groups is 1. The number of carboxylic acid groups (broad SMARTS) is 3. The zero-order valence-corrected chi connectivity index (χ0v) is 23.8. The van der Waals surface area contributed by atoms with Gasteiger partial charge in [-0.3, -0.25) is 0 Å². The maximum Gasteiger partial charge on any atom is 0.137 e. The molecule has 0 heterocycles. The average molecular weight is 578 g/mol. The first kappa shape index (κ1) is 33.5. The fraction of sp³-hybridized carbons (Fsp3) is 0.281. The molecule has 0 aliphatic rings. The number of nitrogens with one attached hydrogen (secondary N) is 1. The number of aromatic hydroxyl groups is 1. The first-order valence-corrected chi connectivity index (χ1v) is 13.3. The Labute approximate surface area is 244 Å². The van der Waals surface area contributed by atoms with Gasteiger partial charge in [-0.1, -0.05) is 61.5 Å². The van der Waals surface area contributed by atoms with E-state index in [2.05, 4.69) is 63.5 Å². The summed E-state index contributed by atoms with van der Waals surface area (Å²) < 4.78 is 5.87. The van der Waals surface area contributed by atoms with Crippen molar-refractivity contribution in [1.82, 2.24) is 0 Å². The summed E-state index contributed by atoms with van der Waals surface area (Å²) in [7, 11) is 4.24. The van der Waals surface area contributed by atoms with Gasteiger partial charge in [0.15, 0.2) is 0 Å². The number of hydrogen-bond acceptors (Lipinski definition) is 9. The molecule has 224 valence electrons. The Kier molecular flexibility index (Phi) is 12.7. The molecule has 0 radical (unpaired) electrons. The number of benzene rings is 3. The van der Waals surface area contributed by atoms with Crippen molar-refractivity contribution in [3.8, 4) is 11.5 Å². The standard InChI is InChI=1S/C26H29NO2.C6H8O7/c1-4-25(20-9-6-5-7-10-20)26(22-11-8-12-23(28)19-22)21-13-15-24(16-14-21)29-18-17-27(2)3;7-3(8)1-6(13,5(11)12)2-4(9)10/h5-16,19,28H,4,17-18H2,1-3H3;13H,1-2H2,(H,7,8)(H,9,10)(H,11,12)/p-2/b26-25+;. The van der Waals surface area contributed by atoms with Gasteiger partial charge in [0.2, 0.25) is 0 Å². The van der Waals surface area contributed by atoms with Crippen molar-refractivity contribution in [1.29, 1.82) is 0 Å². The van der Waals surface area contributed by atoms with E-state index < -0.39 is 36.4 Å². The molecule has 3 aromatic carbocycles. The molecule has 3 aromatic rings. The summed E-state index contributed by atoms with van der Waals surface area (Å²) in [5.41, 5.74) is 2.73. The minimum absolute atomic E-state index is 0.273. The highest BCUT2D eigenvalue weighted by molar-refractivity contribution is 5.98. The third-order valence-corrected chi connectivity index (χ3v) is 6.18. The van der Waals surface area contributed by atoms with Crippen LogP contribution < -0.4 is 25.0 Å². The van der Waals surface area contributed by atoms with Crippen LogP contribution >= 0.6 is 0 Å². The van der Waals surface area contributed by atoms with Crippen molar-refractivity contribution in [3.05, 3.63) is 95.6 Å². The van der Waals surface area contributed by atoms with E-state index in [1.165, 1.54) is 16.0 Å². The van der Waals surface area contributed by atoms with E-state index in [4.69, 9.17) is 9.84 Å². The van der Waals surface area contributed by atoms with Gasteiger partial charge < -0.3 is 49.6 Å². The molecule has 0 amide bonds. The number of carbonyl (C=O) groups is 3. The highest BCUT2D eigenvalue weighted by atomic mass is 16.5. The first-order chi connectivity index (χ1) is 19.9. The van der Waals surface area contributed by atoms with Crippen LogP contribution in [-0.4, -0.2) is 61.0 Å². The quantitative estimate of drug-likeness (QED) is 0.216. The van der Waals surface area contributed by atoms with E-state index in [-0.39, 0.29) is 5.75 Å². The van der Waals surface area contributed by atoms with Crippen molar-refractivity contribution in [2.45, 2.75) is 31.8 Å². The van der Waals surface area contributed by atoms with Gasteiger partial charge in [0.25, 0.3) is 0 Å². The molecule has 0 aromatic heterocycles. The summed E-state index contributed by atoms with van der Waals surface area (Å²) in [5, 5.41) is 49.0. The maximum atomic E-state index is 10.1. The molecule has 42 heavy (non-hydrogen) atoms. The molecule has 0 bridgehead atoms. The maximum absolute atomic E-state index is 10.1. The Balaban J connectivity index is 0.000000401. The van der Waals surface area contributed by atoms with Crippen LogP contribution in [0, 0.1) is 0 Å². The van der Waals surface area contributed by atoms with Crippen molar-refractivity contribution < 1.29 is 49.6 Å². The van der Waals surface area contributed by atoms with Gasteiger partial charge in [0, 0.05) is 24.8 Å². The molecule has 0 atom stereocenters. The zero-order chi connectivity index (χ0) is 31.3. The van der Waals surface area contributed by atoms with Gasteiger partial charge >= 0.3 is 0 Å². The Morgan fingerprint density at radius 2 is 1.38 bits per heavy atom. The van der Waals surface area contributed by atoms with E-state index in [1.807, 2.05) is 30.3 Å². The Bertz CT molecular complexity index is 1350. The number of rotatable bonds is 13. The second kappa shape index (κ2) is 15.9. The number of allylic oxidation sites excluding steroid dienone is 1. The largest absolute Gasteiger partial charge is 0.550 e. The fourth-order valence-corrected chi connectivity index (χ4v) is 4.12. The summed E-state index contributed by atoms with van der Waals surface area (Å²) >= 11 is 0. The molecule has 0 saturated heterocycles. The number of quaternary nitrogens is 1. The highest BCUT2D eigenvalue weighted by Gasteiger charge is 2.29. The van der Waals surface area contributed by atoms with Gasteiger partial charge in [0.05, 0.1) is 20.1 Å². The monoisotopic (exact) mass is 577 g/mol. The van der Waals surface area contributed by atoms with E-state index in [0.717, 1.165) is 35.4 Å². The van der Waals surface area contributed by atoms with Crippen LogP contribution in [0.2, 0.25) is 0 Å². The van der Waals surface area contributed by atoms with Crippen molar-refractivity contribution in [2.24, 2.45) is 0 Å². The predicted molar refractivity (Wildman–Crippen MR) is 150 cm³/mol. The SMILES string of the molecule is CC/C(=C(/c1ccc(OCC[NH+](C)C)cc1)c1cccc(O)c1)c1ccccc1.O=C([O-])CC(O)(CC(=O)[O-])C(=O)[O-]. The van der Waals surface area contributed by atoms with Crippen LogP contribution in [0.15, 0.2) is 78.9 Å². The molecule has 0 aliphatic carbocycles. The molecule has 3 N–H and O–H groups in total. The van der Waals surface area contributed by atoms with E-state index in [1.54, 1.807) is 6.07 Å². The highest BCUT2D eigenvalue weighted by Crippen LogP contribution is 2.36. The molecule has 10 heteroatoms. The molecular formula is C32H35NO9-2. The normalized spacial score (nSPS) is 11.6. The Morgan fingerprint density at radius 3 is 1.86 bits per heavy atom. The second-order valence-corrected chi connectivity index (χ2v) is 9.87. The number of phenolic OH excluding ortho intramolecular Hbond substituents is 1. The van der Waals surface area contributed by atoms with Gasteiger partial charge in [0.1, 0.15) is 30.3 Å². The number of hydrogen-bond donors (Lipinski definition) is 3. The molecule has 0 fully saturated rings. The van der Waals surface area contributed by atoms with Crippen LogP contribution in [0.4, 0.5) is 0 Å². The van der Waals surface area contributed by atoms with E-state index >= 15 is 0 Å². The second-order valence-electron chi connectivity index (χ2n) is 9.87. The van der Waals surface area contributed by atoms with Crippen LogP contribution in [0.25, 0.3) is 11.1 Å². The number of carboxylic acids is 3. The third-order valence-electron chi connectivity index (χ3n) is 6.18. The molecule has 0 unspecified atom stereocenters. The Morgan fingerprint density at radius 1 is 0.810 bits per heavy atom. The summed E-state index contributed by atoms with van der Waals surface area (Å²) in [4.78, 5) is 31.4. The molecule has 3 rings (SSSR count). The number of carbonyl (C=O) groups excluding carboxylic acids is 3. The Hall–Kier alpha value is -4.67. The lowest BCUT2D eigenvalue weighted by atomic mass is 9.88. The lowest BCUT2D eigenvalue weighted by Gasteiger charge is -2.29. The van der Waals surface area contributed by atoms with Crippen molar-refractivity contribution in [3.63, 3.8) is 0 Å². The van der Waals surface area contributed by atoms with Gasteiger partial charge in [-0.05, 0) is 58.5 Å². The van der Waals surface area contributed by atoms with Crippen LogP contribution in [-0.2, 0) is 14.4 Å². The topological polar surface area (TPSA) is 175 Å². The van der Waals surface area contributed by atoms with Crippen molar-refractivity contribution >= 4 is 29.1 Å². The minimum atomic E-state index is -2.97. The summed E-state index contributed by atoms with van der Waals surface area (Å²) in [6, 6.07) is 26.2. The molecule has 0 spiro atoms. The number of likely N-dealkylation sites (N-methyl/N-ethyl adjacent to an activating group) is 1. The lowest BCUT2D eigenvalue weighted by molar-refractivity contribution is -0.858. The van der Waals surface area contributed by atoms with Crippen molar-refractivity contribution in [2.75, 3.05) is 27.2 Å². The number of aliphatic carboxylic acids is 3. The van der Waals surface area contributed by atoms with Gasteiger partial charge in [-0.15, -0.1) is 0 Å². The number of phenols is 1. The van der Waals surface area contributed by atoms with Gasteiger partial charge in [-0.25, -0.2) is 0 Å². The summed E-state index contributed by atoms with van der Waals surface area (Å²) in [5.74, 6) is -4.83. The third kappa shape index (κ3) is 10.4. The average Bonchev–Trinajstić information content (AvgIpc) is 2.92. The summed E-state index contributed by atoms with van der Waals surface area (Å²) in [6.45, 7) is 3.83.